The average molecular weight is 204 g/mol. The Kier molecular flexibility index (Phi) is 3.68. The van der Waals surface area contributed by atoms with E-state index in [1.165, 1.54) is 0 Å². The van der Waals surface area contributed by atoms with Crippen molar-refractivity contribution in [3.05, 3.63) is 23.0 Å². The van der Waals surface area contributed by atoms with Crippen molar-refractivity contribution in [2.45, 2.75) is 27.7 Å². The molecule has 1 aromatic rings. The number of ether oxygens (including phenoxy) is 1. The molecule has 0 fully saturated rings. The maximum Gasteiger partial charge on any atom is 0.140 e. The summed E-state index contributed by atoms with van der Waals surface area (Å²) in [7, 11) is 0. The Morgan fingerprint density at radius 3 is 2.67 bits per heavy atom. The van der Waals surface area contributed by atoms with E-state index in [9.17, 15) is 0 Å². The van der Waals surface area contributed by atoms with Crippen molar-refractivity contribution < 1.29 is 4.74 Å². The number of pyridine rings is 1. The van der Waals surface area contributed by atoms with Crippen LogP contribution in [-0.2, 0) is 0 Å². The Morgan fingerprint density at radius 2 is 2.13 bits per heavy atom. The molecule has 0 aromatic carbocycles. The molecule has 1 aromatic heterocycles. The van der Waals surface area contributed by atoms with E-state index in [2.05, 4.69) is 24.9 Å². The van der Waals surface area contributed by atoms with Crippen LogP contribution in [0.1, 0.15) is 30.8 Å². The maximum absolute atomic E-state index is 8.99. The highest BCUT2D eigenvalue weighted by molar-refractivity contribution is 5.46. The van der Waals surface area contributed by atoms with Crippen LogP contribution in [0, 0.1) is 31.1 Å². The second-order valence-corrected chi connectivity index (χ2v) is 4.04. The summed E-state index contributed by atoms with van der Waals surface area (Å²) in [6.45, 7) is 8.50. The van der Waals surface area contributed by atoms with Gasteiger partial charge in [0.15, 0.2) is 0 Å². The number of hydrogen-bond acceptors (Lipinski definition) is 3. The van der Waals surface area contributed by atoms with Crippen molar-refractivity contribution >= 4 is 0 Å². The predicted molar refractivity (Wildman–Crippen MR) is 58.8 cm³/mol. The molecule has 0 aliphatic rings. The van der Waals surface area contributed by atoms with Gasteiger partial charge in [0, 0.05) is 11.8 Å². The summed E-state index contributed by atoms with van der Waals surface area (Å²) in [5.74, 6) is 1.10. The second kappa shape index (κ2) is 4.79. The van der Waals surface area contributed by atoms with Gasteiger partial charge in [0.25, 0.3) is 0 Å². The molecule has 0 N–H and O–H groups in total. The minimum Gasteiger partial charge on any atom is -0.492 e. The number of aromatic nitrogens is 1. The van der Waals surface area contributed by atoms with Gasteiger partial charge in [0.1, 0.15) is 17.4 Å². The van der Waals surface area contributed by atoms with Crippen LogP contribution < -0.4 is 4.74 Å². The van der Waals surface area contributed by atoms with Gasteiger partial charge in [-0.15, -0.1) is 0 Å². The van der Waals surface area contributed by atoms with Crippen LogP contribution in [0.15, 0.2) is 6.07 Å². The van der Waals surface area contributed by atoms with Crippen LogP contribution in [0.4, 0.5) is 0 Å². The van der Waals surface area contributed by atoms with E-state index in [0.29, 0.717) is 23.8 Å². The van der Waals surface area contributed by atoms with Gasteiger partial charge in [-0.2, -0.15) is 5.26 Å². The lowest BCUT2D eigenvalue weighted by atomic mass is 10.2. The van der Waals surface area contributed by atoms with Crippen LogP contribution in [-0.4, -0.2) is 11.6 Å². The fourth-order valence-corrected chi connectivity index (χ4v) is 1.30. The van der Waals surface area contributed by atoms with E-state index in [1.54, 1.807) is 0 Å². The smallest absolute Gasteiger partial charge is 0.140 e. The highest BCUT2D eigenvalue weighted by atomic mass is 16.5. The lowest BCUT2D eigenvalue weighted by Gasteiger charge is -2.11. The van der Waals surface area contributed by atoms with Gasteiger partial charge in [0.05, 0.1) is 12.3 Å². The topological polar surface area (TPSA) is 45.9 Å². The van der Waals surface area contributed by atoms with Crippen molar-refractivity contribution in [2.24, 2.45) is 5.92 Å². The predicted octanol–water partition coefficient (Wildman–Crippen LogP) is 2.60. The monoisotopic (exact) mass is 204 g/mol. The number of nitriles is 1. The zero-order chi connectivity index (χ0) is 11.4. The summed E-state index contributed by atoms with van der Waals surface area (Å²) >= 11 is 0. The molecule has 15 heavy (non-hydrogen) atoms. The second-order valence-electron chi connectivity index (χ2n) is 4.04. The van der Waals surface area contributed by atoms with Crippen LogP contribution in [0.5, 0.6) is 5.75 Å². The van der Waals surface area contributed by atoms with Crippen molar-refractivity contribution in [3.63, 3.8) is 0 Å². The fourth-order valence-electron chi connectivity index (χ4n) is 1.30. The number of hydrogen-bond donors (Lipinski definition) is 0. The SMILES string of the molecule is Cc1cc(OCC(C)C)c(C#N)c(C)n1. The lowest BCUT2D eigenvalue weighted by Crippen LogP contribution is -2.07. The van der Waals surface area contributed by atoms with E-state index >= 15 is 0 Å². The summed E-state index contributed by atoms with van der Waals surface area (Å²) in [6, 6.07) is 3.94. The largest absolute Gasteiger partial charge is 0.492 e. The highest BCUT2D eigenvalue weighted by Crippen LogP contribution is 2.21. The molecule has 0 amide bonds. The molecule has 3 heteroatoms. The Morgan fingerprint density at radius 1 is 1.47 bits per heavy atom. The first kappa shape index (κ1) is 11.5. The number of nitrogens with zero attached hydrogens (tertiary/aromatic N) is 2. The Hall–Kier alpha value is -1.56. The third kappa shape index (κ3) is 2.95. The van der Waals surface area contributed by atoms with Gasteiger partial charge in [0.2, 0.25) is 0 Å². The quantitative estimate of drug-likeness (QED) is 0.760. The molecular formula is C12H16N2O. The van der Waals surface area contributed by atoms with Crippen molar-refractivity contribution in [1.82, 2.24) is 4.98 Å². The van der Waals surface area contributed by atoms with Crippen molar-refractivity contribution in [3.8, 4) is 11.8 Å². The number of aryl methyl sites for hydroxylation is 2. The standard InChI is InChI=1S/C12H16N2O/c1-8(2)7-15-12-5-9(3)14-10(4)11(12)6-13/h5,8H,7H2,1-4H3. The molecule has 3 nitrogen and oxygen atoms in total. The molecule has 0 saturated heterocycles. The van der Waals surface area contributed by atoms with Gasteiger partial charge < -0.3 is 4.74 Å². The molecule has 0 saturated carbocycles. The van der Waals surface area contributed by atoms with Crippen LogP contribution in [0.3, 0.4) is 0 Å². The minimum atomic E-state index is 0.449. The van der Waals surface area contributed by atoms with Gasteiger partial charge in [-0.05, 0) is 19.8 Å². The summed E-state index contributed by atoms with van der Waals surface area (Å²) < 4.78 is 5.59. The summed E-state index contributed by atoms with van der Waals surface area (Å²) in [5.41, 5.74) is 2.16. The third-order valence-corrected chi connectivity index (χ3v) is 1.98. The molecule has 1 heterocycles. The zero-order valence-electron chi connectivity index (χ0n) is 9.66. The molecule has 80 valence electrons. The van der Waals surface area contributed by atoms with E-state index in [4.69, 9.17) is 10.00 Å². The van der Waals surface area contributed by atoms with Crippen LogP contribution >= 0.6 is 0 Å². The van der Waals surface area contributed by atoms with Gasteiger partial charge in [-0.1, -0.05) is 13.8 Å². The molecule has 0 aliphatic heterocycles. The Bertz CT molecular complexity index is 391. The summed E-state index contributed by atoms with van der Waals surface area (Å²) in [4.78, 5) is 4.23. The van der Waals surface area contributed by atoms with E-state index in [0.717, 1.165) is 11.4 Å². The first-order valence-electron chi connectivity index (χ1n) is 5.05. The molecule has 0 unspecified atom stereocenters. The molecular weight excluding hydrogens is 188 g/mol. The third-order valence-electron chi connectivity index (χ3n) is 1.98. The van der Waals surface area contributed by atoms with Gasteiger partial charge >= 0.3 is 0 Å². The first-order valence-corrected chi connectivity index (χ1v) is 5.05. The number of rotatable bonds is 3. The van der Waals surface area contributed by atoms with Crippen molar-refractivity contribution in [2.75, 3.05) is 6.61 Å². The molecule has 0 radical (unpaired) electrons. The Labute approximate surface area is 90.7 Å². The molecule has 1 rings (SSSR count). The van der Waals surface area contributed by atoms with Crippen molar-refractivity contribution in [1.29, 1.82) is 5.26 Å². The lowest BCUT2D eigenvalue weighted by molar-refractivity contribution is 0.269. The van der Waals surface area contributed by atoms with E-state index in [1.807, 2.05) is 19.9 Å². The normalized spacial score (nSPS) is 10.1. The maximum atomic E-state index is 8.99. The van der Waals surface area contributed by atoms with E-state index < -0.39 is 0 Å². The minimum absolute atomic E-state index is 0.449. The highest BCUT2D eigenvalue weighted by Gasteiger charge is 2.09. The fraction of sp³-hybridized carbons (Fsp3) is 0.500. The molecule has 0 atom stereocenters. The zero-order valence-corrected chi connectivity index (χ0v) is 9.66. The van der Waals surface area contributed by atoms with Gasteiger partial charge in [-0.3, -0.25) is 4.98 Å². The summed E-state index contributed by atoms with van der Waals surface area (Å²) in [5, 5.41) is 8.99. The van der Waals surface area contributed by atoms with Gasteiger partial charge in [-0.25, -0.2) is 0 Å². The molecule has 0 aliphatic carbocycles. The summed E-state index contributed by atoms with van der Waals surface area (Å²) in [6.07, 6.45) is 0. The molecule has 0 bridgehead atoms. The first-order chi connectivity index (χ1) is 7.04. The molecule has 0 spiro atoms. The van der Waals surface area contributed by atoms with Crippen LogP contribution in [0.2, 0.25) is 0 Å². The average Bonchev–Trinajstić information content (AvgIpc) is 2.13. The Balaban J connectivity index is 3.00. The van der Waals surface area contributed by atoms with E-state index in [-0.39, 0.29) is 0 Å². The van der Waals surface area contributed by atoms with Crippen LogP contribution in [0.25, 0.3) is 0 Å².